The largest absolute Gasteiger partial charge is 0.472 e. The Morgan fingerprint density at radius 1 is 1.12 bits per heavy atom. The molecule has 8 heteroatoms. The topological polar surface area (TPSA) is 69.9 Å². The van der Waals surface area contributed by atoms with Gasteiger partial charge in [-0.05, 0) is 65.8 Å². The van der Waals surface area contributed by atoms with Crippen LogP contribution in [0.5, 0.6) is 5.88 Å². The Morgan fingerprint density at radius 2 is 1.88 bits per heavy atom. The fraction of sp³-hybridized carbons (Fsp3) is 0.308. The molecule has 0 aliphatic carbocycles. The highest BCUT2D eigenvalue weighted by atomic mass is 79.9. The average Bonchev–Trinajstić information content (AvgIpc) is 3.20. The Kier molecular flexibility index (Phi) is 6.73. The fourth-order valence-electron chi connectivity index (χ4n) is 3.60. The summed E-state index contributed by atoms with van der Waals surface area (Å²) in [4.78, 5) is 28.4. The van der Waals surface area contributed by atoms with Crippen LogP contribution >= 0.6 is 27.3 Å². The van der Waals surface area contributed by atoms with E-state index in [-0.39, 0.29) is 11.0 Å². The van der Waals surface area contributed by atoms with Crippen molar-refractivity contribution in [3.8, 4) is 22.8 Å². The lowest BCUT2D eigenvalue weighted by molar-refractivity contribution is 0.289. The number of aryl methyl sites for hydroxylation is 3. The van der Waals surface area contributed by atoms with Crippen molar-refractivity contribution in [1.82, 2.24) is 19.5 Å². The van der Waals surface area contributed by atoms with Crippen LogP contribution in [0.1, 0.15) is 48.4 Å². The number of nitrogens with zero attached hydrogens (tertiary/aromatic N) is 4. The number of benzene rings is 1. The molecule has 176 valence electrons. The van der Waals surface area contributed by atoms with E-state index in [4.69, 9.17) is 9.72 Å². The van der Waals surface area contributed by atoms with E-state index in [2.05, 4.69) is 59.7 Å². The van der Waals surface area contributed by atoms with Gasteiger partial charge in [-0.25, -0.2) is 9.97 Å². The van der Waals surface area contributed by atoms with Crippen molar-refractivity contribution in [2.45, 2.75) is 53.6 Å². The Labute approximate surface area is 211 Å². The van der Waals surface area contributed by atoms with Gasteiger partial charge in [-0.1, -0.05) is 32.9 Å². The van der Waals surface area contributed by atoms with E-state index in [1.807, 2.05) is 42.8 Å². The van der Waals surface area contributed by atoms with Crippen LogP contribution in [0, 0.1) is 20.8 Å². The van der Waals surface area contributed by atoms with Crippen LogP contribution < -0.4 is 10.3 Å². The van der Waals surface area contributed by atoms with Gasteiger partial charge in [-0.2, -0.15) is 4.98 Å². The van der Waals surface area contributed by atoms with Gasteiger partial charge in [0.05, 0.1) is 11.4 Å². The molecule has 3 aromatic heterocycles. The van der Waals surface area contributed by atoms with Crippen LogP contribution in [-0.4, -0.2) is 19.5 Å². The zero-order valence-electron chi connectivity index (χ0n) is 20.1. The Hall–Kier alpha value is -2.84. The number of ether oxygens (including phenoxy) is 1. The molecule has 0 aliphatic rings. The van der Waals surface area contributed by atoms with Crippen molar-refractivity contribution >= 4 is 27.3 Å². The van der Waals surface area contributed by atoms with Crippen molar-refractivity contribution in [3.05, 3.63) is 84.4 Å². The van der Waals surface area contributed by atoms with Crippen LogP contribution in [0.4, 0.5) is 0 Å². The smallest absolute Gasteiger partial charge is 0.276 e. The molecule has 0 bridgehead atoms. The molecule has 0 unspecified atom stereocenters. The lowest BCUT2D eigenvalue weighted by atomic mass is 9.95. The van der Waals surface area contributed by atoms with Crippen LogP contribution in [0.25, 0.3) is 16.9 Å². The molecule has 0 spiro atoms. The van der Waals surface area contributed by atoms with Gasteiger partial charge in [-0.3, -0.25) is 9.36 Å². The predicted octanol–water partition coefficient (Wildman–Crippen LogP) is 6.32. The summed E-state index contributed by atoms with van der Waals surface area (Å²) < 4.78 is 7.74. The third-order valence-corrected chi connectivity index (χ3v) is 6.93. The molecule has 3 heterocycles. The molecule has 4 aromatic rings. The van der Waals surface area contributed by atoms with Gasteiger partial charge in [0.25, 0.3) is 5.56 Å². The number of rotatable bonds is 5. The predicted molar refractivity (Wildman–Crippen MR) is 140 cm³/mol. The van der Waals surface area contributed by atoms with E-state index >= 15 is 0 Å². The lowest BCUT2D eigenvalue weighted by Gasteiger charge is -2.18. The van der Waals surface area contributed by atoms with Crippen molar-refractivity contribution in [2.75, 3.05) is 0 Å². The quantitative estimate of drug-likeness (QED) is 0.297. The molecule has 0 aliphatic heterocycles. The van der Waals surface area contributed by atoms with Gasteiger partial charge in [0, 0.05) is 27.6 Å². The normalized spacial score (nSPS) is 11.6. The summed E-state index contributed by atoms with van der Waals surface area (Å²) in [6.45, 7) is 12.5. The molecule has 6 nitrogen and oxygen atoms in total. The standard InChI is InChI=1S/C26H27BrN4O2S/c1-15-12-28-25(26(4,5)6)30-22(15)19-8-7-9-20(11-19)31-17(3)29-23(21(27)24(31)32)33-13-18-10-16(2)34-14-18/h7-12,14H,13H2,1-6H3. The first kappa shape index (κ1) is 24.3. The van der Waals surface area contributed by atoms with Gasteiger partial charge in [0.2, 0.25) is 5.88 Å². The lowest BCUT2D eigenvalue weighted by Crippen LogP contribution is -2.23. The minimum absolute atomic E-state index is 0.167. The van der Waals surface area contributed by atoms with E-state index in [0.717, 1.165) is 28.2 Å². The fourth-order valence-corrected chi connectivity index (χ4v) is 4.67. The second-order valence-electron chi connectivity index (χ2n) is 9.30. The molecule has 0 amide bonds. The summed E-state index contributed by atoms with van der Waals surface area (Å²) in [5.41, 5.74) is 4.12. The maximum Gasteiger partial charge on any atom is 0.276 e. The summed E-state index contributed by atoms with van der Waals surface area (Å²) >= 11 is 5.07. The van der Waals surface area contributed by atoms with Crippen LogP contribution in [0.3, 0.4) is 0 Å². The molecule has 1 aromatic carbocycles. The minimum Gasteiger partial charge on any atom is -0.472 e. The van der Waals surface area contributed by atoms with Gasteiger partial charge in [-0.15, -0.1) is 11.3 Å². The molecule has 0 fully saturated rings. The Bertz CT molecular complexity index is 1420. The van der Waals surface area contributed by atoms with E-state index in [1.54, 1.807) is 22.8 Å². The molecule has 0 radical (unpaired) electrons. The molecule has 4 rings (SSSR count). The Balaban J connectivity index is 1.72. The highest BCUT2D eigenvalue weighted by Gasteiger charge is 2.20. The van der Waals surface area contributed by atoms with E-state index < -0.39 is 0 Å². The third-order valence-electron chi connectivity index (χ3n) is 5.35. The number of halogens is 1. The van der Waals surface area contributed by atoms with Crippen LogP contribution in [-0.2, 0) is 12.0 Å². The number of hydrogen-bond acceptors (Lipinski definition) is 6. The molecule has 0 saturated heterocycles. The summed E-state index contributed by atoms with van der Waals surface area (Å²) in [6.07, 6.45) is 1.85. The first-order valence-corrected chi connectivity index (χ1v) is 12.6. The summed E-state index contributed by atoms with van der Waals surface area (Å²) in [7, 11) is 0. The molecular formula is C26H27BrN4O2S. The van der Waals surface area contributed by atoms with Gasteiger partial charge >= 0.3 is 0 Å². The Morgan fingerprint density at radius 3 is 2.56 bits per heavy atom. The molecular weight excluding hydrogens is 512 g/mol. The highest BCUT2D eigenvalue weighted by Crippen LogP contribution is 2.28. The first-order valence-electron chi connectivity index (χ1n) is 11.0. The molecule has 0 N–H and O–H groups in total. The van der Waals surface area contributed by atoms with Gasteiger partial charge in [0.1, 0.15) is 22.7 Å². The minimum atomic E-state index is -0.226. The second-order valence-corrected chi connectivity index (χ2v) is 11.2. The van der Waals surface area contributed by atoms with Gasteiger partial charge in [0.15, 0.2) is 0 Å². The zero-order chi connectivity index (χ0) is 24.6. The zero-order valence-corrected chi connectivity index (χ0v) is 22.5. The first-order chi connectivity index (χ1) is 16.0. The number of thiophene rings is 1. The average molecular weight is 539 g/mol. The summed E-state index contributed by atoms with van der Waals surface area (Å²) in [5.74, 6) is 1.61. The summed E-state index contributed by atoms with van der Waals surface area (Å²) in [5, 5.41) is 2.04. The monoisotopic (exact) mass is 538 g/mol. The van der Waals surface area contributed by atoms with Gasteiger partial charge < -0.3 is 4.74 Å². The van der Waals surface area contributed by atoms with Crippen molar-refractivity contribution < 1.29 is 4.74 Å². The summed E-state index contributed by atoms with van der Waals surface area (Å²) in [6, 6.07) is 9.83. The van der Waals surface area contributed by atoms with Crippen molar-refractivity contribution in [3.63, 3.8) is 0 Å². The number of aromatic nitrogens is 4. The van der Waals surface area contributed by atoms with Crippen LogP contribution in [0.2, 0.25) is 0 Å². The molecule has 0 atom stereocenters. The maximum absolute atomic E-state index is 13.3. The number of hydrogen-bond donors (Lipinski definition) is 0. The highest BCUT2D eigenvalue weighted by molar-refractivity contribution is 9.10. The van der Waals surface area contributed by atoms with Crippen molar-refractivity contribution in [2.24, 2.45) is 0 Å². The van der Waals surface area contributed by atoms with Crippen molar-refractivity contribution in [1.29, 1.82) is 0 Å². The van der Waals surface area contributed by atoms with E-state index in [0.29, 0.717) is 28.5 Å². The molecule has 34 heavy (non-hydrogen) atoms. The SMILES string of the molecule is Cc1cc(COc2nc(C)n(-c3cccc(-c4nc(C(C)(C)C)ncc4C)c3)c(=O)c2Br)cs1. The van der Waals surface area contributed by atoms with E-state index in [9.17, 15) is 4.79 Å². The second kappa shape index (κ2) is 9.43. The molecule has 0 saturated carbocycles. The maximum atomic E-state index is 13.3. The van der Waals surface area contributed by atoms with Crippen LogP contribution in [0.15, 0.2) is 51.2 Å². The third kappa shape index (κ3) is 4.98. The van der Waals surface area contributed by atoms with E-state index in [1.165, 1.54) is 4.88 Å².